The van der Waals surface area contributed by atoms with E-state index in [0.717, 1.165) is 4.90 Å². The number of hydrogen-bond donors (Lipinski definition) is 0. The number of thioether (sulfide) groups is 1. The summed E-state index contributed by atoms with van der Waals surface area (Å²) < 4.78 is 5.02. The maximum absolute atomic E-state index is 12.7. The van der Waals surface area contributed by atoms with Crippen molar-refractivity contribution in [2.45, 2.75) is 4.90 Å². The summed E-state index contributed by atoms with van der Waals surface area (Å²) in [5.74, 6) is 0.388. The zero-order valence-electron chi connectivity index (χ0n) is 13.1. The molecule has 1 aromatic carbocycles. The van der Waals surface area contributed by atoms with Crippen LogP contribution in [0.15, 0.2) is 58.6 Å². The van der Waals surface area contributed by atoms with E-state index in [0.29, 0.717) is 21.4 Å². The van der Waals surface area contributed by atoms with Crippen LogP contribution in [0, 0.1) is 0 Å². The molecule has 0 unspecified atom stereocenters. The Balaban J connectivity index is 2.26. The molecule has 0 atom stereocenters. The highest BCUT2D eigenvalue weighted by Crippen LogP contribution is 2.30. The van der Waals surface area contributed by atoms with Gasteiger partial charge in [0.15, 0.2) is 0 Å². The van der Waals surface area contributed by atoms with Crippen molar-refractivity contribution in [3.8, 4) is 5.88 Å². The lowest BCUT2D eigenvalue weighted by molar-refractivity contribution is 0.104. The van der Waals surface area contributed by atoms with Gasteiger partial charge in [0.1, 0.15) is 0 Å². The molecule has 0 bridgehead atoms. The lowest BCUT2D eigenvalue weighted by atomic mass is 10.2. The fourth-order valence-electron chi connectivity index (χ4n) is 1.77. The van der Waals surface area contributed by atoms with Crippen LogP contribution < -0.4 is 4.74 Å². The Morgan fingerprint density at radius 2 is 1.91 bits per heavy atom. The minimum atomic E-state index is -0.0891. The van der Waals surface area contributed by atoms with Gasteiger partial charge >= 0.3 is 0 Å². The summed E-state index contributed by atoms with van der Waals surface area (Å²) in [5, 5.41) is 0.665. The van der Waals surface area contributed by atoms with E-state index in [2.05, 4.69) is 4.98 Å². The van der Waals surface area contributed by atoms with Gasteiger partial charge in [0.25, 0.3) is 0 Å². The Hall–Kier alpha value is -1.98. The summed E-state index contributed by atoms with van der Waals surface area (Å²) in [6.45, 7) is 0. The summed E-state index contributed by atoms with van der Waals surface area (Å²) in [6.07, 6.45) is 3.32. The average Bonchev–Trinajstić information content (AvgIpc) is 2.55. The van der Waals surface area contributed by atoms with Crippen molar-refractivity contribution in [1.82, 2.24) is 9.88 Å². The van der Waals surface area contributed by atoms with Crippen LogP contribution in [0.2, 0.25) is 5.02 Å². The molecule has 0 N–H and O–H groups in total. The maximum atomic E-state index is 12.7. The highest BCUT2D eigenvalue weighted by Gasteiger charge is 2.15. The first-order chi connectivity index (χ1) is 11.0. The van der Waals surface area contributed by atoms with Crippen molar-refractivity contribution in [3.05, 3.63) is 64.3 Å². The van der Waals surface area contributed by atoms with Crippen LogP contribution in [0.4, 0.5) is 0 Å². The summed E-state index contributed by atoms with van der Waals surface area (Å²) in [7, 11) is 5.29. The van der Waals surface area contributed by atoms with E-state index >= 15 is 0 Å². The highest BCUT2D eigenvalue weighted by atomic mass is 35.5. The number of carbonyl (C=O) groups excluding carboxylic acids is 1. The van der Waals surface area contributed by atoms with E-state index in [-0.39, 0.29) is 5.78 Å². The van der Waals surface area contributed by atoms with E-state index in [1.807, 2.05) is 31.1 Å². The van der Waals surface area contributed by atoms with Crippen molar-refractivity contribution in [2.24, 2.45) is 0 Å². The predicted octanol–water partition coefficient (Wildman–Crippen LogP) is 4.12. The van der Waals surface area contributed by atoms with Crippen molar-refractivity contribution in [2.75, 3.05) is 21.2 Å². The molecule has 0 saturated carbocycles. The molecule has 0 spiro atoms. The molecular weight excluding hydrogens is 332 g/mol. The molecule has 0 radical (unpaired) electrons. The fraction of sp³-hybridized carbons (Fsp3) is 0.176. The summed E-state index contributed by atoms with van der Waals surface area (Å²) in [4.78, 5) is 20.2. The third-order valence-corrected chi connectivity index (χ3v) is 4.12. The number of allylic oxidation sites excluding steroid dienone is 1. The van der Waals surface area contributed by atoms with Crippen molar-refractivity contribution in [3.63, 3.8) is 0 Å². The molecule has 0 aliphatic heterocycles. The van der Waals surface area contributed by atoms with Gasteiger partial charge in [0.05, 0.1) is 12.0 Å². The number of ether oxygens (including phenoxy) is 1. The minimum absolute atomic E-state index is 0.0891. The van der Waals surface area contributed by atoms with E-state index in [4.69, 9.17) is 16.3 Å². The van der Waals surface area contributed by atoms with Crippen LogP contribution in [0.25, 0.3) is 0 Å². The topological polar surface area (TPSA) is 42.4 Å². The van der Waals surface area contributed by atoms with Gasteiger partial charge in [-0.3, -0.25) is 4.79 Å². The van der Waals surface area contributed by atoms with Gasteiger partial charge < -0.3 is 9.64 Å². The molecule has 120 valence electrons. The number of ketones is 1. The first-order valence-corrected chi connectivity index (χ1v) is 8.05. The number of benzene rings is 1. The first-order valence-electron chi connectivity index (χ1n) is 6.86. The molecular formula is C17H17ClN2O2S. The molecule has 0 aliphatic carbocycles. The van der Waals surface area contributed by atoms with Gasteiger partial charge in [-0.05, 0) is 30.3 Å². The lowest BCUT2D eigenvalue weighted by Crippen LogP contribution is -2.08. The van der Waals surface area contributed by atoms with Crippen molar-refractivity contribution >= 4 is 29.1 Å². The van der Waals surface area contributed by atoms with Crippen LogP contribution >= 0.6 is 23.4 Å². The smallest absolute Gasteiger partial charge is 0.212 e. The van der Waals surface area contributed by atoms with Gasteiger partial charge in [-0.15, -0.1) is 0 Å². The first kappa shape index (κ1) is 17.4. The zero-order valence-corrected chi connectivity index (χ0v) is 14.7. The normalized spacial score (nSPS) is 11.2. The summed E-state index contributed by atoms with van der Waals surface area (Å²) in [6, 6.07) is 10.8. The molecule has 0 saturated heterocycles. The summed E-state index contributed by atoms with van der Waals surface area (Å²) >= 11 is 7.29. The van der Waals surface area contributed by atoms with Gasteiger partial charge in [-0.1, -0.05) is 23.4 Å². The molecule has 0 aliphatic rings. The summed E-state index contributed by atoms with van der Waals surface area (Å²) in [5.41, 5.74) is 0.514. The van der Waals surface area contributed by atoms with Crippen molar-refractivity contribution < 1.29 is 9.53 Å². The SMILES string of the molecule is COc1ccc(C(=O)/C(=C/N(C)C)Sc2ccc(Cl)cc2)cn1. The number of methoxy groups -OCH3 is 1. The molecule has 6 heteroatoms. The van der Waals surface area contributed by atoms with Crippen LogP contribution in [0.1, 0.15) is 10.4 Å². The maximum Gasteiger partial charge on any atom is 0.212 e. The Labute approximate surface area is 145 Å². The number of carbonyl (C=O) groups is 1. The third kappa shape index (κ3) is 5.01. The van der Waals surface area contributed by atoms with E-state index in [1.54, 1.807) is 30.5 Å². The Kier molecular flexibility index (Phi) is 6.07. The van der Waals surface area contributed by atoms with Crippen LogP contribution in [0.5, 0.6) is 5.88 Å². The minimum Gasteiger partial charge on any atom is -0.481 e. The zero-order chi connectivity index (χ0) is 16.8. The number of halogens is 1. The molecule has 1 heterocycles. The molecule has 4 nitrogen and oxygen atoms in total. The van der Waals surface area contributed by atoms with Crippen LogP contribution in [0.3, 0.4) is 0 Å². The lowest BCUT2D eigenvalue weighted by Gasteiger charge is -2.11. The highest BCUT2D eigenvalue weighted by molar-refractivity contribution is 8.04. The molecule has 0 amide bonds. The molecule has 2 aromatic rings. The third-order valence-electron chi connectivity index (χ3n) is 2.85. The molecule has 2 rings (SSSR count). The number of hydrogen-bond acceptors (Lipinski definition) is 5. The Morgan fingerprint density at radius 1 is 1.22 bits per heavy atom. The number of rotatable bonds is 6. The quantitative estimate of drug-likeness (QED) is 0.446. The second kappa shape index (κ2) is 8.04. The van der Waals surface area contributed by atoms with Crippen LogP contribution in [-0.2, 0) is 0 Å². The second-order valence-electron chi connectivity index (χ2n) is 4.93. The molecule has 0 fully saturated rings. The number of pyridine rings is 1. The van der Waals surface area contributed by atoms with E-state index in [1.165, 1.54) is 25.1 Å². The second-order valence-corrected chi connectivity index (χ2v) is 6.48. The van der Waals surface area contributed by atoms with E-state index < -0.39 is 0 Å². The predicted molar refractivity (Wildman–Crippen MR) is 94.2 cm³/mol. The monoisotopic (exact) mass is 348 g/mol. The van der Waals surface area contributed by atoms with E-state index in [9.17, 15) is 4.79 Å². The largest absolute Gasteiger partial charge is 0.481 e. The standard InChI is InChI=1S/C17H17ClN2O2S/c1-20(2)11-15(23-14-7-5-13(18)6-8-14)17(21)12-4-9-16(22-3)19-10-12/h4-11H,1-3H3/b15-11-. The van der Waals surface area contributed by atoms with Crippen molar-refractivity contribution in [1.29, 1.82) is 0 Å². The average molecular weight is 349 g/mol. The number of aromatic nitrogens is 1. The number of Topliss-reactive ketones (excluding diaryl/α,β-unsaturated/α-hetero) is 1. The van der Waals surface area contributed by atoms with Gasteiger partial charge in [-0.25, -0.2) is 4.98 Å². The van der Waals surface area contributed by atoms with Crippen LogP contribution in [-0.4, -0.2) is 36.9 Å². The van der Waals surface area contributed by atoms with Gasteiger partial charge in [0.2, 0.25) is 11.7 Å². The Morgan fingerprint density at radius 3 is 2.43 bits per heavy atom. The molecule has 1 aromatic heterocycles. The fourth-order valence-corrected chi connectivity index (χ4v) is 2.90. The molecule has 23 heavy (non-hydrogen) atoms. The van der Waals surface area contributed by atoms with Gasteiger partial charge in [-0.2, -0.15) is 0 Å². The number of nitrogens with zero attached hydrogens (tertiary/aromatic N) is 2. The Bertz CT molecular complexity index is 698. The van der Waals surface area contributed by atoms with Gasteiger partial charge in [0, 0.05) is 48.0 Å².